The summed E-state index contributed by atoms with van der Waals surface area (Å²) in [6.45, 7) is 1.13. The molecule has 5 nitrogen and oxygen atoms in total. The molecule has 2 amide bonds. The van der Waals surface area contributed by atoms with E-state index in [0.29, 0.717) is 24.5 Å². The van der Waals surface area contributed by atoms with Crippen molar-refractivity contribution < 1.29 is 14.3 Å². The Kier molecular flexibility index (Phi) is 6.57. The minimum absolute atomic E-state index is 0.0509. The van der Waals surface area contributed by atoms with E-state index >= 15 is 0 Å². The lowest BCUT2D eigenvalue weighted by molar-refractivity contribution is -0.126. The van der Waals surface area contributed by atoms with Gasteiger partial charge in [0.15, 0.2) is 0 Å². The van der Waals surface area contributed by atoms with Crippen molar-refractivity contribution in [1.82, 2.24) is 5.32 Å². The van der Waals surface area contributed by atoms with Gasteiger partial charge in [0.2, 0.25) is 11.8 Å². The number of benzene rings is 2. The summed E-state index contributed by atoms with van der Waals surface area (Å²) >= 11 is 5.89. The highest BCUT2D eigenvalue weighted by Gasteiger charge is 2.34. The van der Waals surface area contributed by atoms with Crippen molar-refractivity contribution in [3.8, 4) is 18.1 Å². The Balaban J connectivity index is 1.47. The van der Waals surface area contributed by atoms with Gasteiger partial charge in [-0.25, -0.2) is 0 Å². The van der Waals surface area contributed by atoms with Crippen LogP contribution in [0.3, 0.4) is 0 Å². The first-order valence-electron chi connectivity index (χ1n) is 9.05. The highest BCUT2D eigenvalue weighted by molar-refractivity contribution is 6.30. The molecule has 1 unspecified atom stereocenters. The average Bonchev–Trinajstić information content (AvgIpc) is 3.09. The van der Waals surface area contributed by atoms with Crippen molar-refractivity contribution >= 4 is 29.1 Å². The Bertz CT molecular complexity index is 872. The minimum Gasteiger partial charge on any atom is -0.481 e. The number of ether oxygens (including phenoxy) is 1. The number of amides is 2. The van der Waals surface area contributed by atoms with Crippen LogP contribution in [0.1, 0.15) is 12.0 Å². The summed E-state index contributed by atoms with van der Waals surface area (Å²) < 4.78 is 5.33. The molecule has 0 bridgehead atoms. The van der Waals surface area contributed by atoms with Gasteiger partial charge in [-0.2, -0.15) is 0 Å². The molecule has 1 N–H and O–H groups in total. The lowest BCUT2D eigenvalue weighted by atomic mass is 10.1. The summed E-state index contributed by atoms with van der Waals surface area (Å²) in [6, 6.07) is 14.6. The van der Waals surface area contributed by atoms with Crippen LogP contribution in [-0.4, -0.2) is 31.5 Å². The first kappa shape index (κ1) is 19.8. The molecule has 144 valence electrons. The fourth-order valence-corrected chi connectivity index (χ4v) is 3.23. The van der Waals surface area contributed by atoms with Crippen molar-refractivity contribution in [3.63, 3.8) is 0 Å². The van der Waals surface area contributed by atoms with Crippen LogP contribution in [0.15, 0.2) is 48.5 Å². The van der Waals surface area contributed by atoms with Crippen molar-refractivity contribution in [2.24, 2.45) is 5.92 Å². The van der Waals surface area contributed by atoms with E-state index in [-0.39, 0.29) is 30.8 Å². The molecule has 1 aliphatic rings. The second kappa shape index (κ2) is 9.29. The minimum atomic E-state index is -0.345. The predicted molar refractivity (Wildman–Crippen MR) is 109 cm³/mol. The van der Waals surface area contributed by atoms with Crippen molar-refractivity contribution in [2.75, 3.05) is 24.6 Å². The summed E-state index contributed by atoms with van der Waals surface area (Å²) in [5.41, 5.74) is 1.84. The maximum Gasteiger partial charge on any atom is 0.227 e. The summed E-state index contributed by atoms with van der Waals surface area (Å²) in [7, 11) is 0. The average molecular weight is 397 g/mol. The number of hydrogen-bond donors (Lipinski definition) is 1. The number of terminal acetylenes is 1. The molecule has 0 spiro atoms. The molecule has 1 saturated heterocycles. The predicted octanol–water partition coefficient (Wildman–Crippen LogP) is 3.06. The molecule has 28 heavy (non-hydrogen) atoms. The van der Waals surface area contributed by atoms with Crippen molar-refractivity contribution in [1.29, 1.82) is 0 Å². The van der Waals surface area contributed by atoms with E-state index in [4.69, 9.17) is 22.8 Å². The fourth-order valence-electron chi connectivity index (χ4n) is 3.11. The molecule has 2 aromatic carbocycles. The second-order valence-electron chi connectivity index (χ2n) is 6.56. The standard InChI is InChI=1S/C22H21ClN2O3/c1-2-13-28-20-9-3-16(4-10-20)11-12-24-22(27)17-14-21(26)25(15-17)19-7-5-18(23)6-8-19/h1,3-10,17H,11-15H2,(H,24,27). The number of carbonyl (C=O) groups is 2. The van der Waals surface area contributed by atoms with Gasteiger partial charge < -0.3 is 15.0 Å². The van der Waals surface area contributed by atoms with Gasteiger partial charge in [-0.3, -0.25) is 9.59 Å². The smallest absolute Gasteiger partial charge is 0.227 e. The van der Waals surface area contributed by atoms with E-state index in [0.717, 1.165) is 17.0 Å². The Morgan fingerprint density at radius 3 is 2.61 bits per heavy atom. The van der Waals surface area contributed by atoms with E-state index < -0.39 is 0 Å². The molecular weight excluding hydrogens is 376 g/mol. The first-order chi connectivity index (χ1) is 13.6. The fraction of sp³-hybridized carbons (Fsp3) is 0.273. The SMILES string of the molecule is C#CCOc1ccc(CCNC(=O)C2CC(=O)N(c3ccc(Cl)cc3)C2)cc1. The third-order valence-electron chi connectivity index (χ3n) is 4.59. The van der Waals surface area contributed by atoms with E-state index in [9.17, 15) is 9.59 Å². The summed E-state index contributed by atoms with van der Waals surface area (Å²) in [5.74, 6) is 2.65. The second-order valence-corrected chi connectivity index (χ2v) is 7.00. The number of rotatable bonds is 7. The zero-order valence-electron chi connectivity index (χ0n) is 15.4. The van der Waals surface area contributed by atoms with Crippen molar-refractivity contribution in [2.45, 2.75) is 12.8 Å². The molecule has 3 rings (SSSR count). The molecule has 2 aromatic rings. The number of hydrogen-bond acceptors (Lipinski definition) is 3. The van der Waals surface area contributed by atoms with Crippen LogP contribution in [0.4, 0.5) is 5.69 Å². The topological polar surface area (TPSA) is 58.6 Å². The Morgan fingerprint density at radius 2 is 1.93 bits per heavy atom. The van der Waals surface area contributed by atoms with E-state index in [1.165, 1.54) is 0 Å². The maximum atomic E-state index is 12.4. The first-order valence-corrected chi connectivity index (χ1v) is 9.43. The molecule has 1 atom stereocenters. The van der Waals surface area contributed by atoms with Gasteiger partial charge in [0.1, 0.15) is 12.4 Å². The number of halogens is 1. The zero-order valence-corrected chi connectivity index (χ0v) is 16.1. The molecular formula is C22H21ClN2O3. The van der Waals surface area contributed by atoms with E-state index in [1.807, 2.05) is 24.3 Å². The van der Waals surface area contributed by atoms with Crippen LogP contribution < -0.4 is 15.0 Å². The van der Waals surface area contributed by atoms with Gasteiger partial charge in [-0.15, -0.1) is 6.42 Å². The molecule has 0 aliphatic carbocycles. The van der Waals surface area contributed by atoms with Gasteiger partial charge in [-0.1, -0.05) is 29.7 Å². The lowest BCUT2D eigenvalue weighted by Gasteiger charge is -2.16. The van der Waals surface area contributed by atoms with Crippen LogP contribution in [-0.2, 0) is 16.0 Å². The third kappa shape index (κ3) is 5.05. The molecule has 0 radical (unpaired) electrons. The van der Waals surface area contributed by atoms with Crippen molar-refractivity contribution in [3.05, 3.63) is 59.1 Å². The van der Waals surface area contributed by atoms with Gasteiger partial charge in [0.25, 0.3) is 0 Å². The Hall–Kier alpha value is -2.97. The van der Waals surface area contributed by atoms with Crippen LogP contribution in [0.2, 0.25) is 5.02 Å². The normalized spacial score (nSPS) is 15.9. The molecule has 1 heterocycles. The van der Waals surface area contributed by atoms with Crippen LogP contribution in [0.25, 0.3) is 0 Å². The van der Waals surface area contributed by atoms with Gasteiger partial charge >= 0.3 is 0 Å². The summed E-state index contributed by atoms with van der Waals surface area (Å²) in [6.07, 6.45) is 6.08. The quantitative estimate of drug-likeness (QED) is 0.732. The van der Waals surface area contributed by atoms with Gasteiger partial charge in [0.05, 0.1) is 5.92 Å². The summed E-state index contributed by atoms with van der Waals surface area (Å²) in [4.78, 5) is 26.3. The molecule has 1 aliphatic heterocycles. The van der Waals surface area contributed by atoms with Crippen LogP contribution >= 0.6 is 11.6 Å². The number of anilines is 1. The maximum absolute atomic E-state index is 12.4. The van der Waals surface area contributed by atoms with Gasteiger partial charge in [-0.05, 0) is 48.4 Å². The van der Waals surface area contributed by atoms with Crippen LogP contribution in [0.5, 0.6) is 5.75 Å². The monoisotopic (exact) mass is 396 g/mol. The Morgan fingerprint density at radius 1 is 1.21 bits per heavy atom. The molecule has 0 saturated carbocycles. The summed E-state index contributed by atoms with van der Waals surface area (Å²) in [5, 5.41) is 3.54. The molecule has 1 fully saturated rings. The van der Waals surface area contributed by atoms with E-state index in [2.05, 4.69) is 11.2 Å². The highest BCUT2D eigenvalue weighted by Crippen LogP contribution is 2.26. The third-order valence-corrected chi connectivity index (χ3v) is 4.84. The molecule has 6 heteroatoms. The number of nitrogens with one attached hydrogen (secondary N) is 1. The number of nitrogens with zero attached hydrogens (tertiary/aromatic N) is 1. The van der Waals surface area contributed by atoms with Crippen LogP contribution in [0, 0.1) is 18.3 Å². The highest BCUT2D eigenvalue weighted by atomic mass is 35.5. The zero-order chi connectivity index (χ0) is 19.9. The lowest BCUT2D eigenvalue weighted by Crippen LogP contribution is -2.34. The van der Waals surface area contributed by atoms with Gasteiger partial charge in [0, 0.05) is 30.2 Å². The van der Waals surface area contributed by atoms with E-state index in [1.54, 1.807) is 29.2 Å². The molecule has 0 aromatic heterocycles. The number of carbonyl (C=O) groups excluding carboxylic acids is 2. The largest absolute Gasteiger partial charge is 0.481 e. The Labute approximate surface area is 169 Å².